The van der Waals surface area contributed by atoms with Gasteiger partial charge in [0.15, 0.2) is 0 Å². The molecule has 1 aliphatic heterocycles. The molecule has 5 rings (SSSR count). The molecule has 1 fully saturated rings. The van der Waals surface area contributed by atoms with Crippen molar-refractivity contribution in [3.8, 4) is 11.3 Å². The van der Waals surface area contributed by atoms with Crippen LogP contribution in [0.5, 0.6) is 0 Å². The van der Waals surface area contributed by atoms with Crippen molar-refractivity contribution >= 4 is 10.9 Å². The van der Waals surface area contributed by atoms with Gasteiger partial charge in [-0.05, 0) is 67.6 Å². The number of para-hydroxylation sites is 1. The monoisotopic (exact) mass is 398 g/mol. The minimum Gasteiger partial charge on any atom is -0.354 e. The summed E-state index contributed by atoms with van der Waals surface area (Å²) >= 11 is 0. The average molecular weight is 399 g/mol. The first-order chi connectivity index (χ1) is 14.8. The predicted octanol–water partition coefficient (Wildman–Crippen LogP) is 6.40. The van der Waals surface area contributed by atoms with Crippen molar-refractivity contribution in [2.24, 2.45) is 0 Å². The van der Waals surface area contributed by atoms with E-state index in [1.54, 1.807) is 12.1 Å². The molecule has 0 spiro atoms. The third-order valence-electron chi connectivity index (χ3n) is 6.44. The third kappa shape index (κ3) is 3.78. The number of aromatic amines is 1. The van der Waals surface area contributed by atoms with Gasteiger partial charge in [-0.2, -0.15) is 0 Å². The number of benzene rings is 3. The Balaban J connectivity index is 1.38. The number of rotatable bonds is 5. The minimum atomic E-state index is -0.161. The molecule has 0 saturated carbocycles. The smallest absolute Gasteiger partial charge is 0.132 e. The molecule has 0 atom stereocenters. The van der Waals surface area contributed by atoms with Crippen LogP contribution in [0.25, 0.3) is 22.2 Å². The molecular formula is C27H27FN2. The summed E-state index contributed by atoms with van der Waals surface area (Å²) in [5, 5.41) is 1.23. The lowest BCUT2D eigenvalue weighted by atomic mass is 9.86. The van der Waals surface area contributed by atoms with E-state index in [-0.39, 0.29) is 5.82 Å². The molecule has 0 unspecified atom stereocenters. The Morgan fingerprint density at radius 2 is 1.53 bits per heavy atom. The van der Waals surface area contributed by atoms with Crippen molar-refractivity contribution in [2.75, 3.05) is 19.6 Å². The second-order valence-corrected chi connectivity index (χ2v) is 8.29. The zero-order valence-electron chi connectivity index (χ0n) is 17.2. The van der Waals surface area contributed by atoms with Gasteiger partial charge in [-0.15, -0.1) is 0 Å². The molecule has 2 nitrogen and oxygen atoms in total. The first kappa shape index (κ1) is 19.1. The van der Waals surface area contributed by atoms with E-state index < -0.39 is 0 Å². The molecule has 4 aromatic rings. The van der Waals surface area contributed by atoms with Gasteiger partial charge in [-0.1, -0.05) is 60.7 Å². The summed E-state index contributed by atoms with van der Waals surface area (Å²) in [6, 6.07) is 26.2. The first-order valence-corrected chi connectivity index (χ1v) is 10.9. The lowest BCUT2D eigenvalue weighted by Crippen LogP contribution is -2.34. The van der Waals surface area contributed by atoms with Gasteiger partial charge in [0, 0.05) is 23.0 Å². The molecule has 1 saturated heterocycles. The Morgan fingerprint density at radius 3 is 2.33 bits per heavy atom. The molecule has 152 valence electrons. The van der Waals surface area contributed by atoms with E-state index in [0.29, 0.717) is 11.5 Å². The highest BCUT2D eigenvalue weighted by molar-refractivity contribution is 5.91. The van der Waals surface area contributed by atoms with Gasteiger partial charge < -0.3 is 9.88 Å². The number of hydrogen-bond donors (Lipinski definition) is 1. The zero-order chi connectivity index (χ0) is 20.3. The van der Waals surface area contributed by atoms with Crippen LogP contribution in [0, 0.1) is 5.82 Å². The highest BCUT2D eigenvalue weighted by Gasteiger charge is 2.26. The van der Waals surface area contributed by atoms with E-state index in [2.05, 4.69) is 58.4 Å². The van der Waals surface area contributed by atoms with Crippen LogP contribution < -0.4 is 0 Å². The van der Waals surface area contributed by atoms with Crippen molar-refractivity contribution in [1.29, 1.82) is 0 Å². The average Bonchev–Trinajstić information content (AvgIpc) is 3.18. The van der Waals surface area contributed by atoms with Crippen LogP contribution in [-0.2, 0) is 6.42 Å². The number of halogens is 1. The molecule has 0 radical (unpaired) electrons. The van der Waals surface area contributed by atoms with Crippen LogP contribution >= 0.6 is 0 Å². The van der Waals surface area contributed by atoms with E-state index in [0.717, 1.165) is 50.1 Å². The summed E-state index contributed by atoms with van der Waals surface area (Å²) in [6.45, 7) is 3.28. The molecule has 30 heavy (non-hydrogen) atoms. The van der Waals surface area contributed by atoms with Crippen molar-refractivity contribution in [3.05, 3.63) is 95.8 Å². The fraction of sp³-hybridized carbons (Fsp3) is 0.259. The number of likely N-dealkylation sites (tertiary alicyclic amines) is 1. The Bertz CT molecular complexity index is 1120. The fourth-order valence-corrected chi connectivity index (χ4v) is 4.84. The summed E-state index contributed by atoms with van der Waals surface area (Å²) in [5.41, 5.74) is 5.42. The summed E-state index contributed by atoms with van der Waals surface area (Å²) < 4.78 is 14.6. The number of hydrogen-bond acceptors (Lipinski definition) is 1. The van der Waals surface area contributed by atoms with Gasteiger partial charge >= 0.3 is 0 Å². The van der Waals surface area contributed by atoms with Crippen LogP contribution in [0.3, 0.4) is 0 Å². The molecule has 1 aromatic heterocycles. The molecule has 0 amide bonds. The number of fused-ring (bicyclic) bond motifs is 1. The number of nitrogens with zero attached hydrogens (tertiary/aromatic N) is 1. The standard InChI is InChI=1S/C27H27FN2/c28-24-12-6-4-10-22(24)27-26(23-11-5-7-13-25(23)29-27)21-15-18-30(19-16-21)17-14-20-8-2-1-3-9-20/h1-13,21,29H,14-19H2. The van der Waals surface area contributed by atoms with Gasteiger partial charge in [0.2, 0.25) is 0 Å². The largest absolute Gasteiger partial charge is 0.354 e. The van der Waals surface area contributed by atoms with E-state index in [1.807, 2.05) is 18.2 Å². The minimum absolute atomic E-state index is 0.161. The van der Waals surface area contributed by atoms with Gasteiger partial charge in [-0.3, -0.25) is 0 Å². The summed E-state index contributed by atoms with van der Waals surface area (Å²) in [4.78, 5) is 6.09. The van der Waals surface area contributed by atoms with Gasteiger partial charge in [-0.25, -0.2) is 4.39 Å². The van der Waals surface area contributed by atoms with E-state index in [1.165, 1.54) is 16.5 Å². The quantitative estimate of drug-likeness (QED) is 0.412. The number of nitrogens with one attached hydrogen (secondary N) is 1. The maximum atomic E-state index is 14.6. The Morgan fingerprint density at radius 1 is 0.833 bits per heavy atom. The van der Waals surface area contributed by atoms with Crippen LogP contribution in [0.4, 0.5) is 4.39 Å². The molecule has 0 bridgehead atoms. The van der Waals surface area contributed by atoms with Crippen molar-refractivity contribution in [2.45, 2.75) is 25.2 Å². The lowest BCUT2D eigenvalue weighted by Gasteiger charge is -2.32. The number of piperidine rings is 1. The Kier molecular flexibility index (Phi) is 5.37. The highest BCUT2D eigenvalue weighted by atomic mass is 19.1. The molecule has 3 aromatic carbocycles. The summed E-state index contributed by atoms with van der Waals surface area (Å²) in [5.74, 6) is 0.286. The molecule has 3 heteroatoms. The van der Waals surface area contributed by atoms with Crippen molar-refractivity contribution < 1.29 is 4.39 Å². The van der Waals surface area contributed by atoms with Gasteiger partial charge in [0.05, 0.1) is 5.69 Å². The summed E-state index contributed by atoms with van der Waals surface area (Å²) in [7, 11) is 0. The molecule has 0 aliphatic carbocycles. The molecule has 2 heterocycles. The van der Waals surface area contributed by atoms with Crippen LogP contribution in [-0.4, -0.2) is 29.5 Å². The summed E-state index contributed by atoms with van der Waals surface area (Å²) in [6.07, 6.45) is 3.31. The van der Waals surface area contributed by atoms with Crippen molar-refractivity contribution in [3.63, 3.8) is 0 Å². The number of H-pyrrole nitrogens is 1. The van der Waals surface area contributed by atoms with Crippen LogP contribution in [0.15, 0.2) is 78.9 Å². The van der Waals surface area contributed by atoms with Crippen molar-refractivity contribution in [1.82, 2.24) is 9.88 Å². The Labute approximate surface area is 177 Å². The predicted molar refractivity (Wildman–Crippen MR) is 122 cm³/mol. The number of aromatic nitrogens is 1. The topological polar surface area (TPSA) is 19.0 Å². The zero-order valence-corrected chi connectivity index (χ0v) is 17.2. The second-order valence-electron chi connectivity index (χ2n) is 8.29. The highest BCUT2D eigenvalue weighted by Crippen LogP contribution is 2.40. The molecule has 1 aliphatic rings. The fourth-order valence-electron chi connectivity index (χ4n) is 4.84. The third-order valence-corrected chi connectivity index (χ3v) is 6.44. The second kappa shape index (κ2) is 8.45. The van der Waals surface area contributed by atoms with Crippen LogP contribution in [0.2, 0.25) is 0 Å². The van der Waals surface area contributed by atoms with E-state index >= 15 is 0 Å². The SMILES string of the molecule is Fc1ccccc1-c1[nH]c2ccccc2c1C1CCN(CCc2ccccc2)CC1. The maximum absolute atomic E-state index is 14.6. The van der Waals surface area contributed by atoms with Gasteiger partial charge in [0.25, 0.3) is 0 Å². The lowest BCUT2D eigenvalue weighted by molar-refractivity contribution is 0.215. The normalized spacial score (nSPS) is 15.6. The first-order valence-electron chi connectivity index (χ1n) is 10.9. The van der Waals surface area contributed by atoms with E-state index in [4.69, 9.17) is 0 Å². The van der Waals surface area contributed by atoms with E-state index in [9.17, 15) is 4.39 Å². The molecule has 1 N–H and O–H groups in total. The Hall–Kier alpha value is -2.91. The van der Waals surface area contributed by atoms with Gasteiger partial charge in [0.1, 0.15) is 5.82 Å². The van der Waals surface area contributed by atoms with Crippen LogP contribution in [0.1, 0.15) is 29.9 Å². The maximum Gasteiger partial charge on any atom is 0.132 e. The molecular weight excluding hydrogens is 371 g/mol.